The highest BCUT2D eigenvalue weighted by molar-refractivity contribution is 7.89. The number of carbonyl (C=O) groups excluding carboxylic acids is 1. The van der Waals surface area contributed by atoms with Crippen LogP contribution in [-0.4, -0.2) is 49.7 Å². The molecule has 5 nitrogen and oxygen atoms in total. The van der Waals surface area contributed by atoms with Gasteiger partial charge in [0, 0.05) is 32.6 Å². The lowest BCUT2D eigenvalue weighted by atomic mass is 9.97. The number of carbonyl (C=O) groups is 1. The van der Waals surface area contributed by atoms with Gasteiger partial charge in [-0.3, -0.25) is 4.79 Å². The third-order valence-corrected chi connectivity index (χ3v) is 7.21. The molecule has 1 amide bonds. The molecule has 0 bridgehead atoms. The minimum atomic E-state index is -4.77. The predicted molar refractivity (Wildman–Crippen MR) is 106 cm³/mol. The number of nitrogens with zero attached hydrogens (tertiary/aromatic N) is 2. The summed E-state index contributed by atoms with van der Waals surface area (Å²) < 4.78 is 66.4. The molecule has 0 aliphatic carbocycles. The highest BCUT2D eigenvalue weighted by Gasteiger charge is 2.39. The maximum Gasteiger partial charge on any atom is 0.417 e. The monoisotopic (exact) mass is 440 g/mol. The second-order valence-corrected chi connectivity index (χ2v) is 9.20. The van der Waals surface area contributed by atoms with Gasteiger partial charge in [-0.2, -0.15) is 17.5 Å². The maximum absolute atomic E-state index is 13.2. The fraction of sp³-hybridized carbons (Fsp3) is 0.381. The van der Waals surface area contributed by atoms with E-state index in [4.69, 9.17) is 0 Å². The average Bonchev–Trinajstić information content (AvgIpc) is 2.74. The van der Waals surface area contributed by atoms with Crippen LogP contribution in [0.4, 0.5) is 13.2 Å². The van der Waals surface area contributed by atoms with Gasteiger partial charge in [0.25, 0.3) is 0 Å². The van der Waals surface area contributed by atoms with Crippen LogP contribution in [0, 0.1) is 0 Å². The van der Waals surface area contributed by atoms with Gasteiger partial charge in [-0.15, -0.1) is 0 Å². The van der Waals surface area contributed by atoms with E-state index >= 15 is 0 Å². The molecule has 9 heteroatoms. The van der Waals surface area contributed by atoms with Gasteiger partial charge >= 0.3 is 6.18 Å². The molecular formula is C21H23F3N2O3S. The van der Waals surface area contributed by atoms with Crippen molar-refractivity contribution in [1.29, 1.82) is 0 Å². The van der Waals surface area contributed by atoms with Crippen molar-refractivity contribution in [2.24, 2.45) is 0 Å². The summed E-state index contributed by atoms with van der Waals surface area (Å²) >= 11 is 0. The number of alkyl halides is 3. The van der Waals surface area contributed by atoms with Crippen molar-refractivity contribution in [2.75, 3.05) is 26.2 Å². The SMILES string of the molecule is C[C@@H](CC(=O)N1CCN(S(=O)(=O)c2ccccc2C(F)(F)F)CC1)c1ccccc1. The molecular weight excluding hydrogens is 417 g/mol. The lowest BCUT2D eigenvalue weighted by molar-refractivity contribution is -0.139. The number of hydrogen-bond donors (Lipinski definition) is 0. The summed E-state index contributed by atoms with van der Waals surface area (Å²) in [5, 5.41) is 0. The number of amides is 1. The van der Waals surface area contributed by atoms with Crippen molar-refractivity contribution in [2.45, 2.75) is 30.3 Å². The van der Waals surface area contributed by atoms with Crippen molar-refractivity contribution in [1.82, 2.24) is 9.21 Å². The Balaban J connectivity index is 1.66. The summed E-state index contributed by atoms with van der Waals surface area (Å²) in [6.07, 6.45) is -4.48. The van der Waals surface area contributed by atoms with Crippen molar-refractivity contribution < 1.29 is 26.4 Å². The van der Waals surface area contributed by atoms with Crippen LogP contribution in [0.3, 0.4) is 0 Å². The number of sulfonamides is 1. The Bertz CT molecular complexity index is 986. The highest BCUT2D eigenvalue weighted by Crippen LogP contribution is 2.35. The lowest BCUT2D eigenvalue weighted by Gasteiger charge is -2.35. The second kappa shape index (κ2) is 8.77. The molecule has 1 aliphatic rings. The molecule has 0 N–H and O–H groups in total. The Labute approximate surface area is 174 Å². The largest absolute Gasteiger partial charge is 0.417 e. The molecule has 30 heavy (non-hydrogen) atoms. The fourth-order valence-electron chi connectivity index (χ4n) is 3.53. The van der Waals surface area contributed by atoms with Gasteiger partial charge in [0.05, 0.1) is 10.5 Å². The highest BCUT2D eigenvalue weighted by atomic mass is 32.2. The van der Waals surface area contributed by atoms with Crippen LogP contribution in [0.25, 0.3) is 0 Å². The van der Waals surface area contributed by atoms with Crippen LogP contribution in [0.2, 0.25) is 0 Å². The molecule has 1 atom stereocenters. The van der Waals surface area contributed by atoms with Gasteiger partial charge in [0.15, 0.2) is 0 Å². The van der Waals surface area contributed by atoms with Crippen LogP contribution in [0.1, 0.15) is 30.4 Å². The van der Waals surface area contributed by atoms with E-state index in [0.717, 1.165) is 28.1 Å². The van der Waals surface area contributed by atoms with E-state index < -0.39 is 26.7 Å². The Hall–Kier alpha value is -2.39. The first-order chi connectivity index (χ1) is 14.1. The Kier molecular flexibility index (Phi) is 6.52. The van der Waals surface area contributed by atoms with Crippen molar-refractivity contribution in [3.63, 3.8) is 0 Å². The topological polar surface area (TPSA) is 57.7 Å². The molecule has 0 aromatic heterocycles. The molecule has 0 saturated carbocycles. The van der Waals surface area contributed by atoms with Gasteiger partial charge in [0.1, 0.15) is 0 Å². The molecule has 2 aromatic rings. The summed E-state index contributed by atoms with van der Waals surface area (Å²) in [5.41, 5.74) is -0.143. The van der Waals surface area contributed by atoms with Crippen LogP contribution in [-0.2, 0) is 21.0 Å². The molecule has 0 spiro atoms. The van der Waals surface area contributed by atoms with E-state index in [0.29, 0.717) is 0 Å². The Morgan fingerprint density at radius 2 is 1.53 bits per heavy atom. The Morgan fingerprint density at radius 3 is 2.13 bits per heavy atom. The van der Waals surface area contributed by atoms with E-state index in [2.05, 4.69) is 0 Å². The van der Waals surface area contributed by atoms with Gasteiger partial charge in [-0.05, 0) is 23.6 Å². The van der Waals surface area contributed by atoms with Crippen molar-refractivity contribution in [3.05, 3.63) is 65.7 Å². The van der Waals surface area contributed by atoms with E-state index in [1.165, 1.54) is 6.07 Å². The molecule has 162 valence electrons. The zero-order valence-corrected chi connectivity index (χ0v) is 17.3. The van der Waals surface area contributed by atoms with E-state index in [-0.39, 0.29) is 44.4 Å². The van der Waals surface area contributed by atoms with Crippen molar-refractivity contribution in [3.8, 4) is 0 Å². The minimum Gasteiger partial charge on any atom is -0.340 e. The summed E-state index contributed by atoms with van der Waals surface area (Å²) in [4.78, 5) is 13.4. The van der Waals surface area contributed by atoms with Gasteiger partial charge in [-0.1, -0.05) is 49.4 Å². The van der Waals surface area contributed by atoms with E-state index in [1.807, 2.05) is 37.3 Å². The maximum atomic E-state index is 13.2. The van der Waals surface area contributed by atoms with Crippen molar-refractivity contribution >= 4 is 15.9 Å². The van der Waals surface area contributed by atoms with Gasteiger partial charge in [-0.25, -0.2) is 8.42 Å². The number of hydrogen-bond acceptors (Lipinski definition) is 3. The molecule has 1 heterocycles. The minimum absolute atomic E-state index is 0.0131. The summed E-state index contributed by atoms with van der Waals surface area (Å²) in [6.45, 7) is 2.16. The number of halogens is 3. The van der Waals surface area contributed by atoms with Gasteiger partial charge in [0.2, 0.25) is 15.9 Å². The number of rotatable bonds is 5. The first-order valence-corrected chi connectivity index (χ1v) is 11.0. The summed E-state index contributed by atoms with van der Waals surface area (Å²) in [5.74, 6) is -0.0850. The first-order valence-electron chi connectivity index (χ1n) is 9.60. The Morgan fingerprint density at radius 1 is 0.967 bits per heavy atom. The summed E-state index contributed by atoms with van der Waals surface area (Å²) in [6, 6.07) is 13.8. The smallest absolute Gasteiger partial charge is 0.340 e. The molecule has 1 fully saturated rings. The van der Waals surface area contributed by atoms with Gasteiger partial charge < -0.3 is 4.90 Å². The van der Waals surface area contributed by atoms with Crippen LogP contribution < -0.4 is 0 Å². The van der Waals surface area contributed by atoms with Crippen LogP contribution in [0.5, 0.6) is 0 Å². The average molecular weight is 440 g/mol. The number of piperazine rings is 1. The predicted octanol–water partition coefficient (Wildman–Crippen LogP) is 3.73. The van der Waals surface area contributed by atoms with Crippen LogP contribution >= 0.6 is 0 Å². The third kappa shape index (κ3) is 4.84. The quantitative estimate of drug-likeness (QED) is 0.712. The zero-order chi connectivity index (χ0) is 21.9. The van der Waals surface area contributed by atoms with E-state index in [9.17, 15) is 26.4 Å². The van der Waals surface area contributed by atoms with Crippen LogP contribution in [0.15, 0.2) is 59.5 Å². The molecule has 0 radical (unpaired) electrons. The molecule has 0 unspecified atom stereocenters. The normalized spacial score (nSPS) is 17.0. The number of benzene rings is 2. The lowest BCUT2D eigenvalue weighted by Crippen LogP contribution is -2.50. The standard InChI is InChI=1S/C21H23F3N2O3S/c1-16(17-7-3-2-4-8-17)15-20(27)25-11-13-26(14-12-25)30(28,29)19-10-6-5-9-18(19)21(22,23)24/h2-10,16H,11-15H2,1H3/t16-/m0/s1. The fourth-order valence-corrected chi connectivity index (χ4v) is 5.17. The second-order valence-electron chi connectivity index (χ2n) is 7.29. The first kappa shape index (κ1) is 22.3. The zero-order valence-electron chi connectivity index (χ0n) is 16.5. The van der Waals surface area contributed by atoms with E-state index in [1.54, 1.807) is 4.90 Å². The molecule has 1 aliphatic heterocycles. The molecule has 2 aromatic carbocycles. The molecule has 3 rings (SSSR count). The molecule has 1 saturated heterocycles. The third-order valence-electron chi connectivity index (χ3n) is 5.25. The summed E-state index contributed by atoms with van der Waals surface area (Å²) in [7, 11) is -4.32.